The molecule has 1 unspecified atom stereocenters. The van der Waals surface area contributed by atoms with Crippen molar-refractivity contribution in [2.45, 2.75) is 38.2 Å². The fraction of sp³-hybridized carbons (Fsp3) is 0.438. The van der Waals surface area contributed by atoms with Crippen molar-refractivity contribution in [1.29, 1.82) is 0 Å². The van der Waals surface area contributed by atoms with Crippen molar-refractivity contribution >= 4 is 17.2 Å². The van der Waals surface area contributed by atoms with Crippen LogP contribution in [0.15, 0.2) is 28.9 Å². The SMILES string of the molecule is CC(O)(CNC(=O)c1cc2c(s1)CCCC2)c1ccco1. The molecule has 5 heteroatoms. The third-order valence-corrected chi connectivity index (χ3v) is 5.10. The Morgan fingerprint density at radius 3 is 3.00 bits per heavy atom. The Morgan fingerprint density at radius 1 is 1.48 bits per heavy atom. The third kappa shape index (κ3) is 3.04. The van der Waals surface area contributed by atoms with E-state index in [4.69, 9.17) is 4.42 Å². The molecule has 21 heavy (non-hydrogen) atoms. The second-order valence-electron chi connectivity index (χ2n) is 5.70. The highest BCUT2D eigenvalue weighted by Gasteiger charge is 2.27. The topological polar surface area (TPSA) is 62.5 Å². The fourth-order valence-corrected chi connectivity index (χ4v) is 3.78. The Hall–Kier alpha value is -1.59. The molecule has 1 aliphatic rings. The lowest BCUT2D eigenvalue weighted by Gasteiger charge is -2.20. The van der Waals surface area contributed by atoms with Crippen LogP contribution in [0.2, 0.25) is 0 Å². The van der Waals surface area contributed by atoms with Gasteiger partial charge in [-0.25, -0.2) is 0 Å². The van der Waals surface area contributed by atoms with E-state index >= 15 is 0 Å². The van der Waals surface area contributed by atoms with Crippen LogP contribution in [0.5, 0.6) is 0 Å². The van der Waals surface area contributed by atoms with Crippen LogP contribution in [-0.2, 0) is 18.4 Å². The molecule has 0 aliphatic heterocycles. The maximum Gasteiger partial charge on any atom is 0.261 e. The van der Waals surface area contributed by atoms with Crippen LogP contribution in [0.3, 0.4) is 0 Å². The van der Waals surface area contributed by atoms with Crippen molar-refractivity contribution in [1.82, 2.24) is 5.32 Å². The summed E-state index contributed by atoms with van der Waals surface area (Å²) < 4.78 is 5.20. The highest BCUT2D eigenvalue weighted by Crippen LogP contribution is 2.29. The largest absolute Gasteiger partial charge is 0.466 e. The molecular formula is C16H19NO3S. The maximum atomic E-state index is 12.2. The molecule has 0 saturated heterocycles. The number of aryl methyl sites for hydroxylation is 2. The molecule has 112 valence electrons. The monoisotopic (exact) mass is 305 g/mol. The van der Waals surface area contributed by atoms with Gasteiger partial charge in [-0.15, -0.1) is 11.3 Å². The molecule has 4 nitrogen and oxygen atoms in total. The highest BCUT2D eigenvalue weighted by atomic mass is 32.1. The average Bonchev–Trinajstić information content (AvgIpc) is 3.13. The predicted octanol–water partition coefficient (Wildman–Crippen LogP) is 2.86. The van der Waals surface area contributed by atoms with Crippen LogP contribution in [0.4, 0.5) is 0 Å². The van der Waals surface area contributed by atoms with Gasteiger partial charge in [0.15, 0.2) is 0 Å². The summed E-state index contributed by atoms with van der Waals surface area (Å²) in [6.45, 7) is 1.76. The van der Waals surface area contributed by atoms with Gasteiger partial charge in [0.2, 0.25) is 0 Å². The Labute approximate surface area is 127 Å². The molecule has 1 aliphatic carbocycles. The van der Waals surface area contributed by atoms with Crippen LogP contribution in [0, 0.1) is 0 Å². The van der Waals surface area contributed by atoms with Gasteiger partial charge >= 0.3 is 0 Å². The molecule has 1 atom stereocenters. The number of carbonyl (C=O) groups excluding carboxylic acids is 1. The van der Waals surface area contributed by atoms with E-state index in [1.54, 1.807) is 30.4 Å². The Bertz CT molecular complexity index is 604. The van der Waals surface area contributed by atoms with E-state index in [-0.39, 0.29) is 12.5 Å². The first-order valence-electron chi connectivity index (χ1n) is 7.22. The first-order chi connectivity index (χ1) is 10.1. The normalized spacial score (nSPS) is 17.0. The molecule has 1 amide bonds. The van der Waals surface area contributed by atoms with Crippen LogP contribution < -0.4 is 5.32 Å². The summed E-state index contributed by atoms with van der Waals surface area (Å²) >= 11 is 1.57. The molecule has 2 aromatic heterocycles. The molecule has 0 saturated carbocycles. The summed E-state index contributed by atoms with van der Waals surface area (Å²) in [5, 5.41) is 13.1. The van der Waals surface area contributed by atoms with Gasteiger partial charge in [-0.1, -0.05) is 0 Å². The van der Waals surface area contributed by atoms with Crippen molar-refractivity contribution < 1.29 is 14.3 Å². The molecule has 3 rings (SSSR count). The molecule has 2 aromatic rings. The van der Waals surface area contributed by atoms with Crippen LogP contribution in [0.25, 0.3) is 0 Å². The van der Waals surface area contributed by atoms with E-state index in [1.165, 1.54) is 29.5 Å². The van der Waals surface area contributed by atoms with E-state index < -0.39 is 5.60 Å². The van der Waals surface area contributed by atoms with E-state index in [2.05, 4.69) is 5.32 Å². The van der Waals surface area contributed by atoms with Crippen molar-refractivity contribution in [3.63, 3.8) is 0 Å². The van der Waals surface area contributed by atoms with E-state index in [1.807, 2.05) is 6.07 Å². The molecule has 2 heterocycles. The van der Waals surface area contributed by atoms with Crippen LogP contribution in [0.1, 0.15) is 45.6 Å². The summed E-state index contributed by atoms with van der Waals surface area (Å²) in [6, 6.07) is 5.42. The van der Waals surface area contributed by atoms with Gasteiger partial charge < -0.3 is 14.8 Å². The van der Waals surface area contributed by atoms with E-state index in [0.717, 1.165) is 17.7 Å². The van der Waals surface area contributed by atoms with E-state index in [9.17, 15) is 9.90 Å². The minimum absolute atomic E-state index is 0.124. The number of hydrogen-bond donors (Lipinski definition) is 2. The molecule has 0 aromatic carbocycles. The van der Waals surface area contributed by atoms with Gasteiger partial charge in [-0.2, -0.15) is 0 Å². The number of amides is 1. The summed E-state index contributed by atoms with van der Waals surface area (Å²) in [6.07, 6.45) is 6.08. The predicted molar refractivity (Wildman–Crippen MR) is 81.6 cm³/mol. The van der Waals surface area contributed by atoms with Gasteiger partial charge in [0, 0.05) is 4.88 Å². The molecule has 0 spiro atoms. The third-order valence-electron chi connectivity index (χ3n) is 3.87. The Kier molecular flexibility index (Phi) is 3.87. The van der Waals surface area contributed by atoms with Gasteiger partial charge in [-0.3, -0.25) is 4.79 Å². The maximum absolute atomic E-state index is 12.2. The number of furan rings is 1. The zero-order valence-electron chi connectivity index (χ0n) is 12.0. The van der Waals surface area contributed by atoms with Gasteiger partial charge in [-0.05, 0) is 56.4 Å². The number of nitrogens with one attached hydrogen (secondary N) is 1. The summed E-state index contributed by atoms with van der Waals surface area (Å²) in [7, 11) is 0. The molecule has 0 radical (unpaired) electrons. The number of rotatable bonds is 4. The minimum atomic E-state index is -1.20. The Morgan fingerprint density at radius 2 is 2.29 bits per heavy atom. The zero-order chi connectivity index (χ0) is 14.9. The van der Waals surface area contributed by atoms with Gasteiger partial charge in [0.05, 0.1) is 17.7 Å². The van der Waals surface area contributed by atoms with Crippen LogP contribution in [-0.4, -0.2) is 17.6 Å². The van der Waals surface area contributed by atoms with E-state index in [0.29, 0.717) is 5.76 Å². The standard InChI is InChI=1S/C16H19NO3S/c1-16(19,14-7-4-8-20-14)10-17-15(18)13-9-11-5-2-3-6-12(11)21-13/h4,7-9,19H,2-3,5-6,10H2,1H3,(H,17,18). The Balaban J connectivity index is 1.65. The number of hydrogen-bond acceptors (Lipinski definition) is 4. The van der Waals surface area contributed by atoms with Gasteiger partial charge in [0.1, 0.15) is 11.4 Å². The molecule has 0 fully saturated rings. The lowest BCUT2D eigenvalue weighted by atomic mass is 9.99. The smallest absolute Gasteiger partial charge is 0.261 e. The van der Waals surface area contributed by atoms with Gasteiger partial charge in [0.25, 0.3) is 5.91 Å². The van der Waals surface area contributed by atoms with Crippen LogP contribution >= 0.6 is 11.3 Å². The summed E-state index contributed by atoms with van der Waals surface area (Å²) in [5.74, 6) is 0.328. The molecule has 2 N–H and O–H groups in total. The summed E-state index contributed by atoms with van der Waals surface area (Å²) in [5.41, 5.74) is 0.116. The minimum Gasteiger partial charge on any atom is -0.466 e. The second kappa shape index (κ2) is 5.66. The quantitative estimate of drug-likeness (QED) is 0.913. The van der Waals surface area contributed by atoms with Crippen molar-refractivity contribution in [3.05, 3.63) is 45.5 Å². The van der Waals surface area contributed by atoms with Crippen molar-refractivity contribution in [2.75, 3.05) is 6.54 Å². The first-order valence-corrected chi connectivity index (χ1v) is 8.04. The number of aliphatic hydroxyl groups is 1. The number of fused-ring (bicyclic) bond motifs is 1. The van der Waals surface area contributed by atoms with Crippen molar-refractivity contribution in [2.24, 2.45) is 0 Å². The summed E-state index contributed by atoms with van der Waals surface area (Å²) in [4.78, 5) is 14.3. The second-order valence-corrected chi connectivity index (χ2v) is 6.84. The zero-order valence-corrected chi connectivity index (χ0v) is 12.8. The lowest BCUT2D eigenvalue weighted by molar-refractivity contribution is 0.0331. The fourth-order valence-electron chi connectivity index (χ4n) is 2.61. The first kappa shape index (κ1) is 14.4. The molecule has 0 bridgehead atoms. The highest BCUT2D eigenvalue weighted by molar-refractivity contribution is 7.14. The number of carbonyl (C=O) groups is 1. The number of thiophene rings is 1. The average molecular weight is 305 g/mol. The van der Waals surface area contributed by atoms with Crippen molar-refractivity contribution in [3.8, 4) is 0 Å². The molecular weight excluding hydrogens is 286 g/mol. The lowest BCUT2D eigenvalue weighted by Crippen LogP contribution is -2.38.